The second-order valence-electron chi connectivity index (χ2n) is 7.98. The molecule has 0 aliphatic heterocycles. The van der Waals surface area contributed by atoms with E-state index in [1.54, 1.807) is 28.9 Å². The Labute approximate surface area is 197 Å². The monoisotopic (exact) mass is 460 g/mol. The van der Waals surface area contributed by atoms with E-state index in [9.17, 15) is 9.59 Å². The van der Waals surface area contributed by atoms with Crippen LogP contribution in [0.25, 0.3) is 11.0 Å². The van der Waals surface area contributed by atoms with Gasteiger partial charge in [-0.1, -0.05) is 66.2 Å². The lowest BCUT2D eigenvalue weighted by atomic mass is 10.0. The second-order valence-corrected chi connectivity index (χ2v) is 8.38. The van der Waals surface area contributed by atoms with Crippen LogP contribution in [-0.4, -0.2) is 34.5 Å². The minimum atomic E-state index is -0.718. The van der Waals surface area contributed by atoms with Gasteiger partial charge in [-0.25, -0.2) is 4.98 Å². The predicted octanol–water partition coefficient (Wildman–Crippen LogP) is 4.39. The highest BCUT2D eigenvalue weighted by molar-refractivity contribution is 6.35. The third-order valence-electron chi connectivity index (χ3n) is 5.62. The summed E-state index contributed by atoms with van der Waals surface area (Å²) in [5, 5.41) is 3.48. The molecule has 0 fully saturated rings. The molecule has 0 aliphatic rings. The minimum Gasteiger partial charge on any atom is -0.342 e. The van der Waals surface area contributed by atoms with Crippen molar-refractivity contribution in [1.82, 2.24) is 14.9 Å². The van der Waals surface area contributed by atoms with Gasteiger partial charge in [0.05, 0.1) is 16.9 Å². The molecule has 3 aromatic carbocycles. The van der Waals surface area contributed by atoms with E-state index in [-0.39, 0.29) is 18.4 Å². The molecular weight excluding hydrogens is 436 g/mol. The van der Waals surface area contributed by atoms with Gasteiger partial charge in [0.25, 0.3) is 0 Å². The summed E-state index contributed by atoms with van der Waals surface area (Å²) in [6.45, 7) is 1.98. The zero-order valence-electron chi connectivity index (χ0n) is 18.5. The van der Waals surface area contributed by atoms with E-state index >= 15 is 0 Å². The number of aromatic nitrogens is 2. The summed E-state index contributed by atoms with van der Waals surface area (Å²) >= 11 is 6.26. The zero-order valence-corrected chi connectivity index (χ0v) is 19.3. The molecule has 0 bridgehead atoms. The number of amides is 2. The first kappa shape index (κ1) is 22.6. The standard InChI is InChI=1S/C26H25ClN4O2/c1-18-13-14-21(27)24-25(18)31(17-28-24)16-23(32)29-22(15-19-9-5-3-6-10-19)26(33)30(2)20-11-7-4-8-12-20/h3-14,17,22H,15-16H2,1-2H3,(H,29,32)/t22-/m0/s1. The second kappa shape index (κ2) is 9.88. The molecule has 0 saturated heterocycles. The summed E-state index contributed by atoms with van der Waals surface area (Å²) in [5.41, 5.74) is 4.17. The van der Waals surface area contributed by atoms with Crippen molar-refractivity contribution in [2.75, 3.05) is 11.9 Å². The quantitative estimate of drug-likeness (QED) is 0.445. The largest absolute Gasteiger partial charge is 0.342 e. The number of carbonyl (C=O) groups excluding carboxylic acids is 2. The van der Waals surface area contributed by atoms with Crippen LogP contribution < -0.4 is 10.2 Å². The fourth-order valence-electron chi connectivity index (χ4n) is 3.90. The van der Waals surface area contributed by atoms with E-state index < -0.39 is 6.04 Å². The molecule has 6 nitrogen and oxygen atoms in total. The molecule has 1 N–H and O–H groups in total. The van der Waals surface area contributed by atoms with E-state index in [4.69, 9.17) is 11.6 Å². The minimum absolute atomic E-state index is 0.0330. The van der Waals surface area contributed by atoms with Gasteiger partial charge in [0.2, 0.25) is 11.8 Å². The molecule has 0 aliphatic carbocycles. The van der Waals surface area contributed by atoms with Crippen LogP contribution in [0.4, 0.5) is 5.69 Å². The average Bonchev–Trinajstić information content (AvgIpc) is 3.26. The van der Waals surface area contributed by atoms with Crippen LogP contribution in [0.2, 0.25) is 5.02 Å². The number of nitrogens with one attached hydrogen (secondary N) is 1. The molecule has 2 amide bonds. The molecule has 1 atom stereocenters. The molecular formula is C26H25ClN4O2. The van der Waals surface area contributed by atoms with Gasteiger partial charge in [-0.05, 0) is 36.2 Å². The third-order valence-corrected chi connectivity index (χ3v) is 5.93. The zero-order chi connectivity index (χ0) is 23.4. The smallest absolute Gasteiger partial charge is 0.249 e. The molecule has 33 heavy (non-hydrogen) atoms. The van der Waals surface area contributed by atoms with E-state index in [2.05, 4.69) is 10.3 Å². The third kappa shape index (κ3) is 5.07. The van der Waals surface area contributed by atoms with Crippen molar-refractivity contribution in [2.45, 2.75) is 25.9 Å². The van der Waals surface area contributed by atoms with Crippen LogP contribution in [0.15, 0.2) is 79.1 Å². The maximum atomic E-state index is 13.4. The van der Waals surface area contributed by atoms with Crippen LogP contribution in [0, 0.1) is 6.92 Å². The summed E-state index contributed by atoms with van der Waals surface area (Å²) in [7, 11) is 1.72. The topological polar surface area (TPSA) is 67.2 Å². The Kier molecular flexibility index (Phi) is 6.75. The summed E-state index contributed by atoms with van der Waals surface area (Å²) in [6.07, 6.45) is 1.99. The van der Waals surface area contributed by atoms with Gasteiger partial charge in [-0.15, -0.1) is 0 Å². The van der Waals surface area contributed by atoms with Crippen molar-refractivity contribution in [3.8, 4) is 0 Å². The van der Waals surface area contributed by atoms with Crippen LogP contribution in [-0.2, 0) is 22.6 Å². The van der Waals surface area contributed by atoms with Gasteiger partial charge in [0.15, 0.2) is 0 Å². The molecule has 1 aromatic heterocycles. The van der Waals surface area contributed by atoms with Crippen molar-refractivity contribution in [3.05, 3.63) is 95.3 Å². The number of nitrogens with zero attached hydrogens (tertiary/aromatic N) is 3. The Morgan fingerprint density at radius 2 is 1.70 bits per heavy atom. The molecule has 4 rings (SSSR count). The molecule has 0 saturated carbocycles. The van der Waals surface area contributed by atoms with Crippen molar-refractivity contribution in [3.63, 3.8) is 0 Å². The number of halogens is 1. The Balaban J connectivity index is 1.56. The molecule has 7 heteroatoms. The van der Waals surface area contributed by atoms with E-state index in [0.717, 1.165) is 22.3 Å². The van der Waals surface area contributed by atoms with E-state index in [0.29, 0.717) is 17.0 Å². The first-order chi connectivity index (χ1) is 15.9. The summed E-state index contributed by atoms with van der Waals surface area (Å²) in [4.78, 5) is 32.4. The Morgan fingerprint density at radius 1 is 1.03 bits per heavy atom. The Hall–Kier alpha value is -3.64. The number of hydrogen-bond acceptors (Lipinski definition) is 3. The lowest BCUT2D eigenvalue weighted by molar-refractivity contribution is -0.127. The van der Waals surface area contributed by atoms with Crippen molar-refractivity contribution in [1.29, 1.82) is 0 Å². The number of benzene rings is 3. The van der Waals surface area contributed by atoms with Crippen LogP contribution in [0.3, 0.4) is 0 Å². The van der Waals surface area contributed by atoms with Crippen LogP contribution >= 0.6 is 11.6 Å². The summed E-state index contributed by atoms with van der Waals surface area (Å²) in [6, 6.07) is 22.0. The number of hydrogen-bond donors (Lipinski definition) is 1. The number of aryl methyl sites for hydroxylation is 1. The number of carbonyl (C=O) groups is 2. The summed E-state index contributed by atoms with van der Waals surface area (Å²) < 4.78 is 1.76. The van der Waals surface area contributed by atoms with Crippen LogP contribution in [0.1, 0.15) is 11.1 Å². The molecule has 1 heterocycles. The van der Waals surface area contributed by atoms with Gasteiger partial charge in [-0.3, -0.25) is 9.59 Å². The number of rotatable bonds is 7. The van der Waals surface area contributed by atoms with Crippen molar-refractivity contribution in [2.24, 2.45) is 0 Å². The fraction of sp³-hybridized carbons (Fsp3) is 0.192. The van der Waals surface area contributed by atoms with E-state index in [1.165, 1.54) is 0 Å². The van der Waals surface area contributed by atoms with Crippen molar-refractivity contribution >= 4 is 40.1 Å². The van der Waals surface area contributed by atoms with Gasteiger partial charge >= 0.3 is 0 Å². The molecule has 4 aromatic rings. The average molecular weight is 461 g/mol. The Bertz CT molecular complexity index is 1270. The molecule has 0 spiro atoms. The van der Waals surface area contributed by atoms with Gasteiger partial charge in [0, 0.05) is 19.2 Å². The first-order valence-electron chi connectivity index (χ1n) is 10.7. The highest BCUT2D eigenvalue weighted by Gasteiger charge is 2.25. The summed E-state index contributed by atoms with van der Waals surface area (Å²) in [5.74, 6) is -0.461. The normalized spacial score (nSPS) is 11.8. The van der Waals surface area contributed by atoms with Crippen molar-refractivity contribution < 1.29 is 9.59 Å². The number of likely N-dealkylation sites (N-methyl/N-ethyl adjacent to an activating group) is 1. The maximum Gasteiger partial charge on any atom is 0.249 e. The number of fused-ring (bicyclic) bond motifs is 1. The number of imidazole rings is 1. The highest BCUT2D eigenvalue weighted by Crippen LogP contribution is 2.25. The highest BCUT2D eigenvalue weighted by atomic mass is 35.5. The van der Waals surface area contributed by atoms with E-state index in [1.807, 2.05) is 73.7 Å². The Morgan fingerprint density at radius 3 is 2.39 bits per heavy atom. The fourth-order valence-corrected chi connectivity index (χ4v) is 4.10. The SMILES string of the molecule is Cc1ccc(Cl)c2ncn(CC(=O)N[C@@H](Cc3ccccc3)C(=O)N(C)c3ccccc3)c12. The van der Waals surface area contributed by atoms with Gasteiger partial charge in [0.1, 0.15) is 18.1 Å². The number of para-hydroxylation sites is 1. The predicted molar refractivity (Wildman–Crippen MR) is 131 cm³/mol. The molecule has 0 radical (unpaired) electrons. The molecule has 0 unspecified atom stereocenters. The lowest BCUT2D eigenvalue weighted by Gasteiger charge is -2.25. The molecule has 168 valence electrons. The van der Waals surface area contributed by atoms with Gasteiger partial charge < -0.3 is 14.8 Å². The first-order valence-corrected chi connectivity index (χ1v) is 11.1. The van der Waals surface area contributed by atoms with Crippen LogP contribution in [0.5, 0.6) is 0 Å². The number of anilines is 1. The lowest BCUT2D eigenvalue weighted by Crippen LogP contribution is -2.49. The van der Waals surface area contributed by atoms with Gasteiger partial charge in [-0.2, -0.15) is 0 Å². The maximum absolute atomic E-state index is 13.4.